The highest BCUT2D eigenvalue weighted by Gasteiger charge is 2.14. The largest absolute Gasteiger partial charge is 0.419 e. The summed E-state index contributed by atoms with van der Waals surface area (Å²) in [5.74, 6) is 0.746. The molecule has 0 unspecified atom stereocenters. The molecule has 0 spiro atoms. The monoisotopic (exact) mass is 326 g/mol. The molecule has 24 heavy (non-hydrogen) atoms. The molecule has 1 amide bonds. The number of amides is 1. The molecular weight excluding hydrogens is 308 g/mol. The molecule has 8 heteroatoms. The molecule has 0 atom stereocenters. The van der Waals surface area contributed by atoms with Crippen LogP contribution in [0.4, 0.5) is 0 Å². The van der Waals surface area contributed by atoms with Gasteiger partial charge in [-0.05, 0) is 25.1 Å². The van der Waals surface area contributed by atoms with Crippen LogP contribution in [0.1, 0.15) is 23.7 Å². The summed E-state index contributed by atoms with van der Waals surface area (Å²) in [5.41, 5.74) is 2.45. The van der Waals surface area contributed by atoms with Gasteiger partial charge >= 0.3 is 0 Å². The van der Waals surface area contributed by atoms with Gasteiger partial charge in [0.25, 0.3) is 5.89 Å². The van der Waals surface area contributed by atoms with Crippen LogP contribution in [0.2, 0.25) is 0 Å². The second-order valence-corrected chi connectivity index (χ2v) is 5.39. The summed E-state index contributed by atoms with van der Waals surface area (Å²) in [6.07, 6.45) is 2.36. The average Bonchev–Trinajstić information content (AvgIpc) is 3.18. The van der Waals surface area contributed by atoms with Crippen molar-refractivity contribution in [3.8, 4) is 11.6 Å². The summed E-state index contributed by atoms with van der Waals surface area (Å²) >= 11 is 0. The van der Waals surface area contributed by atoms with Crippen LogP contribution in [-0.4, -0.2) is 30.9 Å². The zero-order valence-corrected chi connectivity index (χ0v) is 13.6. The number of carbonyl (C=O) groups is 1. The smallest absolute Gasteiger partial charge is 0.265 e. The van der Waals surface area contributed by atoms with Gasteiger partial charge in [-0.1, -0.05) is 6.07 Å². The van der Waals surface area contributed by atoms with Crippen molar-refractivity contribution in [2.24, 2.45) is 7.05 Å². The molecule has 0 aromatic carbocycles. The summed E-state index contributed by atoms with van der Waals surface area (Å²) in [6.45, 7) is 2.30. The highest BCUT2D eigenvalue weighted by Crippen LogP contribution is 2.18. The predicted octanol–water partition coefficient (Wildman–Crippen LogP) is 1.42. The van der Waals surface area contributed by atoms with Gasteiger partial charge in [0, 0.05) is 26.1 Å². The Morgan fingerprint density at radius 1 is 1.33 bits per heavy atom. The maximum Gasteiger partial charge on any atom is 0.265 e. The fourth-order valence-electron chi connectivity index (χ4n) is 2.27. The fourth-order valence-corrected chi connectivity index (χ4v) is 2.27. The van der Waals surface area contributed by atoms with E-state index in [2.05, 4.69) is 25.6 Å². The van der Waals surface area contributed by atoms with Crippen molar-refractivity contribution in [1.29, 1.82) is 0 Å². The molecule has 0 saturated carbocycles. The summed E-state index contributed by atoms with van der Waals surface area (Å²) in [7, 11) is 1.82. The lowest BCUT2D eigenvalue weighted by Gasteiger charge is -2.03. The minimum atomic E-state index is -0.0863. The van der Waals surface area contributed by atoms with E-state index in [9.17, 15) is 4.79 Å². The Labute approximate surface area is 138 Å². The third kappa shape index (κ3) is 3.83. The summed E-state index contributed by atoms with van der Waals surface area (Å²) in [5, 5.41) is 15.1. The number of rotatable bonds is 6. The maximum atomic E-state index is 11.9. The molecule has 0 bridgehead atoms. The minimum Gasteiger partial charge on any atom is -0.419 e. The number of carbonyl (C=O) groups excluding carboxylic acids is 1. The van der Waals surface area contributed by atoms with E-state index in [4.69, 9.17) is 4.42 Å². The third-order valence-corrected chi connectivity index (χ3v) is 3.45. The van der Waals surface area contributed by atoms with Crippen LogP contribution < -0.4 is 5.32 Å². The van der Waals surface area contributed by atoms with Crippen molar-refractivity contribution in [3.63, 3.8) is 0 Å². The summed E-state index contributed by atoms with van der Waals surface area (Å²) in [4.78, 5) is 16.0. The molecule has 3 aromatic heterocycles. The average molecular weight is 326 g/mol. The van der Waals surface area contributed by atoms with Gasteiger partial charge in [0.15, 0.2) is 0 Å². The van der Waals surface area contributed by atoms with E-state index < -0.39 is 0 Å². The standard InChI is InChI=1S/C16H18N6O2/c1-11-9-13(22(2)21-11)16-20-19-15(24-16)7-6-14(23)18-10-12-5-3-4-8-17-12/h3-5,8-9H,6-7,10H2,1-2H3,(H,18,23). The Hall–Kier alpha value is -3.03. The van der Waals surface area contributed by atoms with Gasteiger partial charge in [-0.3, -0.25) is 14.5 Å². The molecule has 0 aliphatic carbocycles. The number of aromatic nitrogens is 5. The molecule has 0 radical (unpaired) electrons. The fraction of sp³-hybridized carbons (Fsp3) is 0.312. The lowest BCUT2D eigenvalue weighted by atomic mass is 10.3. The number of nitrogens with zero attached hydrogens (tertiary/aromatic N) is 5. The van der Waals surface area contributed by atoms with Crippen LogP contribution in [0.15, 0.2) is 34.9 Å². The highest BCUT2D eigenvalue weighted by molar-refractivity contribution is 5.75. The summed E-state index contributed by atoms with van der Waals surface area (Å²) < 4.78 is 7.29. The van der Waals surface area contributed by atoms with Crippen LogP contribution in [0, 0.1) is 6.92 Å². The number of hydrogen-bond acceptors (Lipinski definition) is 6. The van der Waals surface area contributed by atoms with Crippen molar-refractivity contribution in [1.82, 2.24) is 30.3 Å². The van der Waals surface area contributed by atoms with Gasteiger partial charge in [-0.25, -0.2) is 0 Å². The lowest BCUT2D eigenvalue weighted by Crippen LogP contribution is -2.23. The normalized spacial score (nSPS) is 10.8. The molecule has 0 aliphatic heterocycles. The van der Waals surface area contributed by atoms with Crippen LogP contribution in [0.25, 0.3) is 11.6 Å². The Morgan fingerprint density at radius 3 is 2.92 bits per heavy atom. The Kier molecular flexibility index (Phi) is 4.64. The first-order valence-electron chi connectivity index (χ1n) is 7.62. The van der Waals surface area contributed by atoms with Crippen molar-refractivity contribution in [2.75, 3.05) is 0 Å². The van der Waals surface area contributed by atoms with Crippen molar-refractivity contribution in [2.45, 2.75) is 26.3 Å². The van der Waals surface area contributed by atoms with E-state index in [1.165, 1.54) is 0 Å². The van der Waals surface area contributed by atoms with E-state index in [1.54, 1.807) is 10.9 Å². The number of hydrogen-bond donors (Lipinski definition) is 1. The van der Waals surface area contributed by atoms with Crippen molar-refractivity contribution < 1.29 is 9.21 Å². The maximum absolute atomic E-state index is 11.9. The van der Waals surface area contributed by atoms with E-state index in [1.807, 2.05) is 38.2 Å². The van der Waals surface area contributed by atoms with E-state index in [0.717, 1.165) is 17.1 Å². The molecule has 3 heterocycles. The second-order valence-electron chi connectivity index (χ2n) is 5.39. The van der Waals surface area contributed by atoms with Crippen LogP contribution in [0.3, 0.4) is 0 Å². The number of nitrogens with one attached hydrogen (secondary N) is 1. The van der Waals surface area contributed by atoms with Gasteiger partial charge in [0.2, 0.25) is 11.8 Å². The molecule has 0 saturated heterocycles. The molecule has 8 nitrogen and oxygen atoms in total. The minimum absolute atomic E-state index is 0.0863. The first-order chi connectivity index (χ1) is 11.6. The topological polar surface area (TPSA) is 98.7 Å². The van der Waals surface area contributed by atoms with Crippen LogP contribution >= 0.6 is 0 Å². The van der Waals surface area contributed by atoms with E-state index in [-0.39, 0.29) is 12.3 Å². The van der Waals surface area contributed by atoms with Crippen LogP contribution in [0.5, 0.6) is 0 Å². The molecule has 3 aromatic rings. The third-order valence-electron chi connectivity index (χ3n) is 3.45. The van der Waals surface area contributed by atoms with Gasteiger partial charge in [-0.2, -0.15) is 5.10 Å². The number of pyridine rings is 1. The molecule has 0 aliphatic rings. The van der Waals surface area contributed by atoms with Gasteiger partial charge in [-0.15, -0.1) is 10.2 Å². The molecule has 0 fully saturated rings. The van der Waals surface area contributed by atoms with Gasteiger partial charge < -0.3 is 9.73 Å². The number of aryl methyl sites for hydroxylation is 3. The quantitative estimate of drug-likeness (QED) is 0.735. The van der Waals surface area contributed by atoms with Crippen LogP contribution in [-0.2, 0) is 24.8 Å². The Balaban J connectivity index is 1.52. The zero-order chi connectivity index (χ0) is 16.9. The molecular formula is C16H18N6O2. The van der Waals surface area contributed by atoms with Gasteiger partial charge in [0.1, 0.15) is 5.69 Å². The zero-order valence-electron chi connectivity index (χ0n) is 13.6. The van der Waals surface area contributed by atoms with Gasteiger partial charge in [0.05, 0.1) is 17.9 Å². The summed E-state index contributed by atoms with van der Waals surface area (Å²) in [6, 6.07) is 7.45. The van der Waals surface area contributed by atoms with Crippen molar-refractivity contribution in [3.05, 3.63) is 47.7 Å². The second kappa shape index (κ2) is 7.03. The predicted molar refractivity (Wildman–Crippen MR) is 85.6 cm³/mol. The van der Waals surface area contributed by atoms with E-state index >= 15 is 0 Å². The van der Waals surface area contributed by atoms with E-state index in [0.29, 0.717) is 24.7 Å². The lowest BCUT2D eigenvalue weighted by molar-refractivity contribution is -0.121. The first kappa shape index (κ1) is 15.9. The Morgan fingerprint density at radius 2 is 2.21 bits per heavy atom. The highest BCUT2D eigenvalue weighted by atomic mass is 16.4. The molecule has 1 N–H and O–H groups in total. The SMILES string of the molecule is Cc1cc(-c2nnc(CCC(=O)NCc3ccccn3)o2)n(C)n1. The first-order valence-corrected chi connectivity index (χ1v) is 7.62. The Bertz CT molecular complexity index is 824. The molecule has 3 rings (SSSR count). The molecule has 124 valence electrons. The van der Waals surface area contributed by atoms with Crippen molar-refractivity contribution >= 4 is 5.91 Å².